The molecule has 2 aromatic rings. The molecule has 2 N–H and O–H groups in total. The van der Waals surface area contributed by atoms with Crippen molar-refractivity contribution in [3.8, 4) is 5.75 Å². The number of phenolic OH excluding ortho intramolecular Hbond substituents is 1. The molecule has 2 aromatic carbocycles. The molecule has 19 heavy (non-hydrogen) atoms. The van der Waals surface area contributed by atoms with Crippen molar-refractivity contribution < 1.29 is 10.2 Å². The van der Waals surface area contributed by atoms with Crippen LogP contribution in [0.3, 0.4) is 0 Å². The molecule has 0 aliphatic rings. The van der Waals surface area contributed by atoms with Gasteiger partial charge in [-0.3, -0.25) is 0 Å². The minimum atomic E-state index is -0.0949. The predicted molar refractivity (Wildman–Crippen MR) is 77.1 cm³/mol. The van der Waals surface area contributed by atoms with E-state index in [-0.39, 0.29) is 12.4 Å². The summed E-state index contributed by atoms with van der Waals surface area (Å²) < 4.78 is 0.885. The van der Waals surface area contributed by atoms with Crippen LogP contribution in [0.1, 0.15) is 11.1 Å². The van der Waals surface area contributed by atoms with E-state index >= 15 is 0 Å². The van der Waals surface area contributed by atoms with Gasteiger partial charge in [0.25, 0.3) is 0 Å². The lowest BCUT2D eigenvalue weighted by Gasteiger charge is -2.03. The number of halogens is 1. The van der Waals surface area contributed by atoms with Crippen molar-refractivity contribution in [2.24, 2.45) is 10.2 Å². The molecule has 0 aliphatic heterocycles. The van der Waals surface area contributed by atoms with Gasteiger partial charge in [0.2, 0.25) is 0 Å². The van der Waals surface area contributed by atoms with E-state index < -0.39 is 0 Å². The second kappa shape index (κ2) is 5.95. The Kier molecular flexibility index (Phi) is 4.29. The van der Waals surface area contributed by atoms with Gasteiger partial charge in [0.05, 0.1) is 18.0 Å². The van der Waals surface area contributed by atoms with Crippen LogP contribution < -0.4 is 0 Å². The summed E-state index contributed by atoms with van der Waals surface area (Å²) in [4.78, 5) is 0. The van der Waals surface area contributed by atoms with Crippen LogP contribution in [0.25, 0.3) is 0 Å². The van der Waals surface area contributed by atoms with Crippen molar-refractivity contribution in [3.63, 3.8) is 0 Å². The normalized spacial score (nSPS) is 11.1. The predicted octanol–water partition coefficient (Wildman–Crippen LogP) is 4.37. The highest BCUT2D eigenvalue weighted by Gasteiger charge is 2.02. The Morgan fingerprint density at radius 2 is 1.74 bits per heavy atom. The fraction of sp³-hybridized carbons (Fsp3) is 0.143. The summed E-state index contributed by atoms with van der Waals surface area (Å²) in [6.45, 7) is 1.75. The molecule has 0 aliphatic carbocycles. The van der Waals surface area contributed by atoms with Gasteiger partial charge in [-0.2, -0.15) is 10.2 Å². The molecule has 0 radical (unpaired) electrons. The van der Waals surface area contributed by atoms with Crippen molar-refractivity contribution in [1.82, 2.24) is 0 Å². The van der Waals surface area contributed by atoms with Gasteiger partial charge in [-0.05, 0) is 48.9 Å². The Morgan fingerprint density at radius 3 is 2.42 bits per heavy atom. The molecular formula is C14H13BrN2O2. The summed E-state index contributed by atoms with van der Waals surface area (Å²) in [6, 6.07) is 10.3. The van der Waals surface area contributed by atoms with Crippen molar-refractivity contribution in [2.45, 2.75) is 13.5 Å². The quantitative estimate of drug-likeness (QED) is 0.824. The summed E-state index contributed by atoms with van der Waals surface area (Å²) >= 11 is 3.34. The van der Waals surface area contributed by atoms with E-state index in [0.717, 1.165) is 10.0 Å². The minimum Gasteiger partial charge on any atom is -0.508 e. The van der Waals surface area contributed by atoms with E-state index in [2.05, 4.69) is 26.2 Å². The summed E-state index contributed by atoms with van der Waals surface area (Å²) in [5.74, 6) is 0.205. The number of azo groups is 1. The number of aryl methyl sites for hydroxylation is 1. The number of phenols is 1. The van der Waals surface area contributed by atoms with Gasteiger partial charge in [-0.1, -0.05) is 15.9 Å². The maximum Gasteiger partial charge on any atom is 0.115 e. The van der Waals surface area contributed by atoms with Gasteiger partial charge < -0.3 is 10.2 Å². The Morgan fingerprint density at radius 1 is 1.05 bits per heavy atom. The smallest absolute Gasteiger partial charge is 0.115 e. The molecular weight excluding hydrogens is 308 g/mol. The van der Waals surface area contributed by atoms with Crippen LogP contribution in [0.15, 0.2) is 51.1 Å². The second-order valence-corrected chi connectivity index (χ2v) is 5.02. The molecule has 0 fully saturated rings. The number of rotatable bonds is 3. The number of aliphatic hydroxyl groups excluding tert-OH is 1. The average molecular weight is 321 g/mol. The molecule has 0 heterocycles. The summed E-state index contributed by atoms with van der Waals surface area (Å²) in [5.41, 5.74) is 2.85. The van der Waals surface area contributed by atoms with Crippen molar-refractivity contribution >= 4 is 27.3 Å². The van der Waals surface area contributed by atoms with Crippen molar-refractivity contribution in [2.75, 3.05) is 0 Å². The first-order valence-corrected chi connectivity index (χ1v) is 6.50. The van der Waals surface area contributed by atoms with Crippen LogP contribution in [-0.4, -0.2) is 10.2 Å². The highest BCUT2D eigenvalue weighted by atomic mass is 79.9. The van der Waals surface area contributed by atoms with Crippen LogP contribution in [0, 0.1) is 6.92 Å². The SMILES string of the molecule is Cc1cc(O)ccc1N=Nc1ccc(Br)cc1CO. The topological polar surface area (TPSA) is 65.2 Å². The van der Waals surface area contributed by atoms with Crippen LogP contribution in [0.4, 0.5) is 11.4 Å². The van der Waals surface area contributed by atoms with E-state index in [1.54, 1.807) is 30.3 Å². The lowest BCUT2D eigenvalue weighted by atomic mass is 10.2. The number of aromatic hydroxyl groups is 1. The zero-order chi connectivity index (χ0) is 13.8. The van der Waals surface area contributed by atoms with Gasteiger partial charge in [-0.25, -0.2) is 0 Å². The maximum absolute atomic E-state index is 9.32. The maximum atomic E-state index is 9.32. The highest BCUT2D eigenvalue weighted by molar-refractivity contribution is 9.10. The van der Waals surface area contributed by atoms with E-state index in [1.165, 1.54) is 0 Å². The molecule has 0 bridgehead atoms. The van der Waals surface area contributed by atoms with E-state index in [4.69, 9.17) is 0 Å². The van der Waals surface area contributed by atoms with Gasteiger partial charge in [0.1, 0.15) is 5.75 Å². The molecule has 0 spiro atoms. The Balaban J connectivity index is 2.32. The first-order valence-electron chi connectivity index (χ1n) is 5.71. The van der Waals surface area contributed by atoms with Crippen LogP contribution in [-0.2, 0) is 6.61 Å². The molecule has 0 aromatic heterocycles. The third-order valence-corrected chi connectivity index (χ3v) is 3.15. The lowest BCUT2D eigenvalue weighted by molar-refractivity contribution is 0.282. The fourth-order valence-corrected chi connectivity index (χ4v) is 2.05. The standard InChI is InChI=1S/C14H13BrN2O2/c1-9-6-12(19)3-5-13(9)16-17-14-4-2-11(15)7-10(14)8-18/h2-7,18-19H,8H2,1H3. The van der Waals surface area contributed by atoms with Crippen molar-refractivity contribution in [3.05, 3.63) is 52.0 Å². The average Bonchev–Trinajstić information content (AvgIpc) is 2.39. The largest absolute Gasteiger partial charge is 0.508 e. The number of hydrogen-bond donors (Lipinski definition) is 2. The Labute approximate surface area is 119 Å². The van der Waals surface area contributed by atoms with E-state index in [9.17, 15) is 10.2 Å². The van der Waals surface area contributed by atoms with Gasteiger partial charge >= 0.3 is 0 Å². The van der Waals surface area contributed by atoms with Crippen LogP contribution in [0.2, 0.25) is 0 Å². The minimum absolute atomic E-state index is 0.0949. The highest BCUT2D eigenvalue weighted by Crippen LogP contribution is 2.28. The number of benzene rings is 2. The Hall–Kier alpha value is -1.72. The van der Waals surface area contributed by atoms with Crippen LogP contribution in [0.5, 0.6) is 5.75 Å². The summed E-state index contributed by atoms with van der Waals surface area (Å²) in [5, 5.41) is 26.9. The van der Waals surface area contributed by atoms with Gasteiger partial charge in [0, 0.05) is 10.0 Å². The summed E-state index contributed by atoms with van der Waals surface area (Å²) in [6.07, 6.45) is 0. The molecule has 4 nitrogen and oxygen atoms in total. The third kappa shape index (κ3) is 3.39. The molecule has 98 valence electrons. The molecule has 2 rings (SSSR count). The number of nitrogens with zero attached hydrogens (tertiary/aromatic N) is 2. The fourth-order valence-electron chi connectivity index (χ4n) is 1.64. The Bertz CT molecular complexity index is 627. The molecule has 0 saturated heterocycles. The monoisotopic (exact) mass is 320 g/mol. The molecule has 0 atom stereocenters. The zero-order valence-electron chi connectivity index (χ0n) is 10.3. The van der Waals surface area contributed by atoms with E-state index in [0.29, 0.717) is 16.9 Å². The molecule has 0 amide bonds. The first kappa shape index (κ1) is 13.7. The third-order valence-electron chi connectivity index (χ3n) is 2.66. The van der Waals surface area contributed by atoms with Crippen LogP contribution >= 0.6 is 15.9 Å². The van der Waals surface area contributed by atoms with Gasteiger partial charge in [-0.15, -0.1) is 0 Å². The summed E-state index contributed by atoms with van der Waals surface area (Å²) in [7, 11) is 0. The number of hydrogen-bond acceptors (Lipinski definition) is 4. The molecule has 0 unspecified atom stereocenters. The molecule has 5 heteroatoms. The van der Waals surface area contributed by atoms with E-state index in [1.807, 2.05) is 13.0 Å². The lowest BCUT2D eigenvalue weighted by Crippen LogP contribution is -1.83. The molecule has 0 saturated carbocycles. The zero-order valence-corrected chi connectivity index (χ0v) is 11.9. The number of aliphatic hydroxyl groups is 1. The first-order chi connectivity index (χ1) is 9.10. The van der Waals surface area contributed by atoms with Crippen molar-refractivity contribution in [1.29, 1.82) is 0 Å². The second-order valence-electron chi connectivity index (χ2n) is 4.10. The van der Waals surface area contributed by atoms with Gasteiger partial charge in [0.15, 0.2) is 0 Å².